The maximum atomic E-state index is 12.7. The molecule has 1 aromatic carbocycles. The molecule has 1 aliphatic carbocycles. The molecule has 0 N–H and O–H groups in total. The van der Waals surface area contributed by atoms with Crippen LogP contribution in [-0.4, -0.2) is 15.7 Å². The lowest BCUT2D eigenvalue weighted by molar-refractivity contribution is -0.113. The van der Waals surface area contributed by atoms with Gasteiger partial charge in [0.2, 0.25) is 0 Å². The summed E-state index contributed by atoms with van der Waals surface area (Å²) >= 11 is 6.86. The van der Waals surface area contributed by atoms with Crippen molar-refractivity contribution in [2.45, 2.75) is 32.7 Å². The largest absolute Gasteiger partial charge is 0.346 e. The molecular weight excluding hydrogens is 356 g/mol. The van der Waals surface area contributed by atoms with E-state index in [-0.39, 0.29) is 11.1 Å². The lowest BCUT2D eigenvalue weighted by Gasteiger charge is -2.12. The minimum Gasteiger partial charge on any atom is -0.346 e. The van der Waals surface area contributed by atoms with Crippen LogP contribution in [0, 0.1) is 13.8 Å². The molecule has 2 aromatic rings. The van der Waals surface area contributed by atoms with Crippen LogP contribution in [0.2, 0.25) is 5.02 Å². The third-order valence-corrected chi connectivity index (χ3v) is 5.72. The van der Waals surface area contributed by atoms with E-state index < -0.39 is 0 Å². The highest BCUT2D eigenvalue weighted by Gasteiger charge is 2.36. The molecular formula is C19H17ClN2O2S. The summed E-state index contributed by atoms with van der Waals surface area (Å²) in [5.74, 6) is -0.284. The first-order chi connectivity index (χ1) is 12.0. The van der Waals surface area contributed by atoms with E-state index in [1.54, 1.807) is 24.3 Å². The minimum atomic E-state index is -0.284. The quantitative estimate of drug-likeness (QED) is 0.683. The van der Waals surface area contributed by atoms with Gasteiger partial charge in [-0.25, -0.2) is 4.90 Å². The Kier molecular flexibility index (Phi) is 4.01. The van der Waals surface area contributed by atoms with Crippen molar-refractivity contribution in [1.82, 2.24) is 4.57 Å². The number of anilines is 1. The van der Waals surface area contributed by atoms with Crippen LogP contribution < -0.4 is 4.90 Å². The molecule has 2 aliphatic rings. The highest BCUT2D eigenvalue weighted by atomic mass is 35.5. The summed E-state index contributed by atoms with van der Waals surface area (Å²) < 4.78 is 2.33. The van der Waals surface area contributed by atoms with Crippen LogP contribution in [0.4, 0.5) is 10.5 Å². The van der Waals surface area contributed by atoms with Crippen molar-refractivity contribution in [2.24, 2.45) is 0 Å². The topological polar surface area (TPSA) is 42.3 Å². The third kappa shape index (κ3) is 2.92. The average Bonchev–Trinajstić information content (AvgIpc) is 3.30. The number of hydrogen-bond donors (Lipinski definition) is 0. The van der Waals surface area contributed by atoms with Gasteiger partial charge in [0.15, 0.2) is 0 Å². The predicted octanol–water partition coefficient (Wildman–Crippen LogP) is 5.33. The number of halogens is 1. The number of imide groups is 1. The molecule has 25 heavy (non-hydrogen) atoms. The number of rotatable bonds is 3. The predicted molar refractivity (Wildman–Crippen MR) is 102 cm³/mol. The Morgan fingerprint density at radius 2 is 1.84 bits per heavy atom. The smallest absolute Gasteiger partial charge is 0.298 e. The Labute approximate surface area is 155 Å². The molecule has 1 aromatic heterocycles. The van der Waals surface area contributed by atoms with Gasteiger partial charge in [0.05, 0.1) is 10.6 Å². The number of aromatic nitrogens is 1. The molecule has 0 bridgehead atoms. The van der Waals surface area contributed by atoms with Gasteiger partial charge >= 0.3 is 0 Å². The zero-order chi connectivity index (χ0) is 17.7. The van der Waals surface area contributed by atoms with Crippen molar-refractivity contribution in [3.05, 3.63) is 57.2 Å². The SMILES string of the molecule is Cc1cc(/C=C2\SC(=O)N(c3ccc(Cl)cc3)C2=O)c(C)n1C1CC1. The number of benzene rings is 1. The molecule has 128 valence electrons. The number of aryl methyl sites for hydroxylation is 1. The molecule has 1 saturated carbocycles. The third-order valence-electron chi connectivity index (χ3n) is 4.60. The summed E-state index contributed by atoms with van der Waals surface area (Å²) in [4.78, 5) is 26.7. The molecule has 2 heterocycles. The maximum absolute atomic E-state index is 12.7. The summed E-state index contributed by atoms with van der Waals surface area (Å²) in [6.45, 7) is 4.16. The number of amides is 2. The van der Waals surface area contributed by atoms with E-state index in [9.17, 15) is 9.59 Å². The molecule has 0 unspecified atom stereocenters. The molecule has 4 nitrogen and oxygen atoms in total. The molecule has 2 amide bonds. The van der Waals surface area contributed by atoms with Crippen LogP contribution in [0.3, 0.4) is 0 Å². The monoisotopic (exact) mass is 372 g/mol. The molecule has 1 aliphatic heterocycles. The first kappa shape index (κ1) is 16.5. The number of nitrogens with zero attached hydrogens (tertiary/aromatic N) is 2. The van der Waals surface area contributed by atoms with Crippen LogP contribution in [0.1, 0.15) is 35.8 Å². The Hall–Kier alpha value is -1.98. The van der Waals surface area contributed by atoms with Crippen molar-refractivity contribution in [1.29, 1.82) is 0 Å². The Balaban J connectivity index is 1.67. The minimum absolute atomic E-state index is 0.283. The van der Waals surface area contributed by atoms with Crippen LogP contribution in [0.25, 0.3) is 6.08 Å². The number of hydrogen-bond acceptors (Lipinski definition) is 3. The first-order valence-corrected chi connectivity index (χ1v) is 9.37. The van der Waals surface area contributed by atoms with Crippen LogP contribution >= 0.6 is 23.4 Å². The second-order valence-electron chi connectivity index (χ2n) is 6.42. The van der Waals surface area contributed by atoms with Gasteiger partial charge in [0, 0.05) is 22.5 Å². The van der Waals surface area contributed by atoms with E-state index in [4.69, 9.17) is 11.6 Å². The van der Waals surface area contributed by atoms with Crippen LogP contribution in [0.15, 0.2) is 35.2 Å². The lowest BCUT2D eigenvalue weighted by atomic mass is 10.2. The summed E-state index contributed by atoms with van der Waals surface area (Å²) in [6.07, 6.45) is 4.26. The number of thioether (sulfide) groups is 1. The second-order valence-corrected chi connectivity index (χ2v) is 7.85. The van der Waals surface area contributed by atoms with Crippen molar-refractivity contribution >= 4 is 46.3 Å². The average molecular weight is 373 g/mol. The summed E-state index contributed by atoms with van der Waals surface area (Å²) in [6, 6.07) is 9.39. The Morgan fingerprint density at radius 3 is 2.48 bits per heavy atom. The molecule has 0 spiro atoms. The van der Waals surface area contributed by atoms with Gasteiger partial charge in [-0.2, -0.15) is 0 Å². The molecule has 4 rings (SSSR count). The first-order valence-electron chi connectivity index (χ1n) is 8.17. The van der Waals surface area contributed by atoms with Crippen molar-refractivity contribution in [3.8, 4) is 0 Å². The lowest BCUT2D eigenvalue weighted by Crippen LogP contribution is -2.27. The fourth-order valence-corrected chi connectivity index (χ4v) is 4.22. The highest BCUT2D eigenvalue weighted by molar-refractivity contribution is 8.19. The van der Waals surface area contributed by atoms with Gasteiger partial charge in [-0.3, -0.25) is 9.59 Å². The summed E-state index contributed by atoms with van der Waals surface area (Å²) in [7, 11) is 0. The van der Waals surface area contributed by atoms with E-state index in [1.165, 1.54) is 23.4 Å². The Bertz CT molecular complexity index is 910. The fraction of sp³-hybridized carbons (Fsp3) is 0.263. The van der Waals surface area contributed by atoms with Gasteiger partial charge in [0.25, 0.3) is 11.1 Å². The van der Waals surface area contributed by atoms with Crippen molar-refractivity contribution in [2.75, 3.05) is 4.90 Å². The normalized spacial score (nSPS) is 19.3. The fourth-order valence-electron chi connectivity index (χ4n) is 3.27. The molecule has 6 heteroatoms. The van der Waals surface area contributed by atoms with E-state index in [0.29, 0.717) is 21.7 Å². The zero-order valence-electron chi connectivity index (χ0n) is 14.0. The van der Waals surface area contributed by atoms with Gasteiger partial charge < -0.3 is 4.57 Å². The summed E-state index contributed by atoms with van der Waals surface area (Å²) in [5, 5.41) is 0.286. The van der Waals surface area contributed by atoms with E-state index in [0.717, 1.165) is 23.0 Å². The van der Waals surface area contributed by atoms with Gasteiger partial charge in [-0.1, -0.05) is 11.6 Å². The molecule has 1 saturated heterocycles. The number of carbonyl (C=O) groups is 2. The van der Waals surface area contributed by atoms with Crippen molar-refractivity contribution in [3.63, 3.8) is 0 Å². The molecule has 0 atom stereocenters. The van der Waals surface area contributed by atoms with Gasteiger partial charge in [-0.05, 0) is 80.4 Å². The summed E-state index contributed by atoms with van der Waals surface area (Å²) in [5.41, 5.74) is 3.89. The van der Waals surface area contributed by atoms with Crippen LogP contribution in [0.5, 0.6) is 0 Å². The zero-order valence-corrected chi connectivity index (χ0v) is 15.5. The highest BCUT2D eigenvalue weighted by Crippen LogP contribution is 2.40. The van der Waals surface area contributed by atoms with Gasteiger partial charge in [0.1, 0.15) is 0 Å². The Morgan fingerprint density at radius 1 is 1.16 bits per heavy atom. The second kappa shape index (κ2) is 6.07. The van der Waals surface area contributed by atoms with Gasteiger partial charge in [-0.15, -0.1) is 0 Å². The number of carbonyl (C=O) groups excluding carboxylic acids is 2. The van der Waals surface area contributed by atoms with Crippen molar-refractivity contribution < 1.29 is 9.59 Å². The maximum Gasteiger partial charge on any atom is 0.298 e. The van der Waals surface area contributed by atoms with Crippen LogP contribution in [-0.2, 0) is 4.79 Å². The van der Waals surface area contributed by atoms with E-state index >= 15 is 0 Å². The molecule has 2 fully saturated rings. The molecule has 0 radical (unpaired) electrons. The van der Waals surface area contributed by atoms with E-state index in [1.807, 2.05) is 6.08 Å². The standard InChI is InChI=1S/C19H17ClN2O2S/c1-11-9-13(12(2)21(11)15-7-8-15)10-17-18(23)22(19(24)25-17)16-5-3-14(20)4-6-16/h3-6,9-10,15H,7-8H2,1-2H3/b17-10-. The van der Waals surface area contributed by atoms with E-state index in [2.05, 4.69) is 24.5 Å².